The molecule has 1 fully saturated rings. The molecule has 1 saturated carbocycles. The van der Waals surface area contributed by atoms with E-state index in [0.717, 1.165) is 18.2 Å². The lowest BCUT2D eigenvalue weighted by Gasteiger charge is -2.36. The molecule has 3 unspecified atom stereocenters. The first-order valence-electron chi connectivity index (χ1n) is 8.05. The van der Waals surface area contributed by atoms with Crippen molar-refractivity contribution in [3.05, 3.63) is 11.1 Å². The molecule has 2 nitrogen and oxygen atoms in total. The van der Waals surface area contributed by atoms with Crippen LogP contribution in [0.3, 0.4) is 0 Å². The third-order valence-corrected chi connectivity index (χ3v) is 6.55. The Morgan fingerprint density at radius 1 is 1.35 bits per heavy atom. The molecule has 1 aromatic heterocycles. The number of rotatable bonds is 7. The summed E-state index contributed by atoms with van der Waals surface area (Å²) in [6.45, 7) is 7.81. The molecule has 114 valence electrons. The highest BCUT2D eigenvalue weighted by Crippen LogP contribution is 2.39. The van der Waals surface area contributed by atoms with Crippen LogP contribution in [0.25, 0.3) is 0 Å². The van der Waals surface area contributed by atoms with E-state index in [1.54, 1.807) is 0 Å². The van der Waals surface area contributed by atoms with Gasteiger partial charge in [0.2, 0.25) is 0 Å². The van der Waals surface area contributed by atoms with Crippen LogP contribution >= 0.6 is 23.1 Å². The lowest BCUT2D eigenvalue weighted by atomic mass is 9.83. The summed E-state index contributed by atoms with van der Waals surface area (Å²) in [6.07, 6.45) is 8.05. The average Bonchev–Trinajstić information content (AvgIpc) is 2.84. The molecule has 1 aliphatic rings. The first-order valence-corrected chi connectivity index (χ1v) is 9.81. The Morgan fingerprint density at radius 3 is 2.85 bits per heavy atom. The van der Waals surface area contributed by atoms with Crippen molar-refractivity contribution >= 4 is 23.1 Å². The monoisotopic (exact) mass is 312 g/mol. The summed E-state index contributed by atoms with van der Waals surface area (Å²) >= 11 is 3.83. The summed E-state index contributed by atoms with van der Waals surface area (Å²) < 4.78 is 1.26. The first-order chi connectivity index (χ1) is 9.72. The summed E-state index contributed by atoms with van der Waals surface area (Å²) in [5.74, 6) is 0.929. The number of hydrogen-bond donors (Lipinski definition) is 1. The van der Waals surface area contributed by atoms with E-state index in [-0.39, 0.29) is 0 Å². The van der Waals surface area contributed by atoms with Crippen molar-refractivity contribution in [1.82, 2.24) is 10.3 Å². The van der Waals surface area contributed by atoms with Crippen molar-refractivity contribution in [3.8, 4) is 0 Å². The van der Waals surface area contributed by atoms with E-state index in [0.29, 0.717) is 11.3 Å². The lowest BCUT2D eigenvalue weighted by molar-refractivity contribution is 0.287. The lowest BCUT2D eigenvalue weighted by Crippen LogP contribution is -2.42. The maximum Gasteiger partial charge on any atom is 0.150 e. The van der Waals surface area contributed by atoms with Crippen LogP contribution in [0.4, 0.5) is 0 Å². The zero-order valence-electron chi connectivity index (χ0n) is 13.0. The van der Waals surface area contributed by atoms with Crippen LogP contribution in [0, 0.1) is 12.8 Å². The second-order valence-electron chi connectivity index (χ2n) is 5.94. The van der Waals surface area contributed by atoms with Crippen LogP contribution in [0.5, 0.6) is 0 Å². The van der Waals surface area contributed by atoms with Gasteiger partial charge in [0, 0.05) is 22.4 Å². The zero-order valence-corrected chi connectivity index (χ0v) is 14.7. The summed E-state index contributed by atoms with van der Waals surface area (Å²) in [5, 5.41) is 6.64. The van der Waals surface area contributed by atoms with Crippen molar-refractivity contribution in [1.29, 1.82) is 0 Å². The second kappa shape index (κ2) is 8.40. The van der Waals surface area contributed by atoms with E-state index in [4.69, 9.17) is 0 Å². The Balaban J connectivity index is 1.96. The molecular weight excluding hydrogens is 284 g/mol. The fourth-order valence-corrected chi connectivity index (χ4v) is 5.57. The molecule has 2 rings (SSSR count). The molecule has 0 aliphatic heterocycles. The topological polar surface area (TPSA) is 24.9 Å². The third kappa shape index (κ3) is 4.74. The summed E-state index contributed by atoms with van der Waals surface area (Å²) in [7, 11) is 0. The van der Waals surface area contributed by atoms with Gasteiger partial charge in [0.1, 0.15) is 4.34 Å². The van der Waals surface area contributed by atoms with Gasteiger partial charge >= 0.3 is 0 Å². The minimum Gasteiger partial charge on any atom is -0.313 e. The van der Waals surface area contributed by atoms with E-state index >= 15 is 0 Å². The van der Waals surface area contributed by atoms with Crippen LogP contribution in [-0.2, 0) is 0 Å². The van der Waals surface area contributed by atoms with Crippen molar-refractivity contribution in [2.45, 2.75) is 74.9 Å². The fraction of sp³-hybridized carbons (Fsp3) is 0.812. The van der Waals surface area contributed by atoms with E-state index < -0.39 is 0 Å². The highest BCUT2D eigenvalue weighted by Gasteiger charge is 2.31. The summed E-state index contributed by atoms with van der Waals surface area (Å²) in [4.78, 5) is 4.64. The van der Waals surface area contributed by atoms with Gasteiger partial charge in [-0.2, -0.15) is 0 Å². The minimum atomic E-state index is 0.678. The van der Waals surface area contributed by atoms with Gasteiger partial charge in [0.15, 0.2) is 0 Å². The average molecular weight is 313 g/mol. The molecule has 1 N–H and O–H groups in total. The zero-order chi connectivity index (χ0) is 14.4. The minimum absolute atomic E-state index is 0.678. The van der Waals surface area contributed by atoms with Crippen LogP contribution < -0.4 is 5.32 Å². The molecule has 20 heavy (non-hydrogen) atoms. The van der Waals surface area contributed by atoms with Crippen molar-refractivity contribution in [2.24, 2.45) is 5.92 Å². The third-order valence-electron chi connectivity index (χ3n) is 4.10. The van der Waals surface area contributed by atoms with Gasteiger partial charge in [-0.15, -0.1) is 11.3 Å². The maximum atomic E-state index is 4.64. The fourth-order valence-electron chi connectivity index (χ4n) is 3.09. The normalized spacial score (nSPS) is 26.9. The van der Waals surface area contributed by atoms with E-state index in [1.165, 1.54) is 42.9 Å². The molecule has 1 aromatic rings. The predicted molar refractivity (Wildman–Crippen MR) is 90.8 cm³/mol. The van der Waals surface area contributed by atoms with Crippen LogP contribution in [0.15, 0.2) is 9.72 Å². The largest absolute Gasteiger partial charge is 0.313 e. The number of thiazole rings is 1. The Hall–Kier alpha value is -0.0600. The molecule has 0 bridgehead atoms. The highest BCUT2D eigenvalue weighted by molar-refractivity contribution is 8.01. The van der Waals surface area contributed by atoms with Gasteiger partial charge < -0.3 is 5.32 Å². The Morgan fingerprint density at radius 2 is 2.20 bits per heavy atom. The smallest absolute Gasteiger partial charge is 0.150 e. The highest BCUT2D eigenvalue weighted by atomic mass is 32.2. The Labute approximate surface area is 132 Å². The van der Waals surface area contributed by atoms with Gasteiger partial charge in [0.05, 0.1) is 0 Å². The Kier molecular flexibility index (Phi) is 6.85. The van der Waals surface area contributed by atoms with Gasteiger partial charge in [-0.3, -0.25) is 0 Å². The van der Waals surface area contributed by atoms with Gasteiger partial charge in [0.25, 0.3) is 0 Å². The standard InChI is InChI=1S/C16H28N2S2/c1-4-6-13-7-8-14(17-9-5-2)15(10-13)20-16-18-12(3)11-19-16/h11,13-15,17H,4-10H2,1-3H3. The van der Waals surface area contributed by atoms with Crippen molar-refractivity contribution < 1.29 is 0 Å². The molecule has 0 saturated heterocycles. The number of thioether (sulfide) groups is 1. The molecule has 1 aliphatic carbocycles. The van der Waals surface area contributed by atoms with Gasteiger partial charge in [-0.1, -0.05) is 38.5 Å². The number of hydrogen-bond acceptors (Lipinski definition) is 4. The van der Waals surface area contributed by atoms with E-state index in [1.807, 2.05) is 23.1 Å². The maximum absolute atomic E-state index is 4.64. The van der Waals surface area contributed by atoms with Gasteiger partial charge in [-0.05, 0) is 45.1 Å². The summed E-state index contributed by atoms with van der Waals surface area (Å²) in [5.41, 5.74) is 1.16. The van der Waals surface area contributed by atoms with Crippen molar-refractivity contribution in [3.63, 3.8) is 0 Å². The first kappa shape index (κ1) is 16.3. The summed E-state index contributed by atoms with van der Waals surface area (Å²) in [6, 6.07) is 0.678. The quantitative estimate of drug-likeness (QED) is 0.776. The van der Waals surface area contributed by atoms with E-state index in [2.05, 4.69) is 36.5 Å². The van der Waals surface area contributed by atoms with E-state index in [9.17, 15) is 0 Å². The number of nitrogens with zero attached hydrogens (tertiary/aromatic N) is 1. The van der Waals surface area contributed by atoms with Crippen LogP contribution in [0.2, 0.25) is 0 Å². The molecule has 0 radical (unpaired) electrons. The van der Waals surface area contributed by atoms with Crippen LogP contribution in [0.1, 0.15) is 58.1 Å². The van der Waals surface area contributed by atoms with Crippen LogP contribution in [-0.4, -0.2) is 22.8 Å². The van der Waals surface area contributed by atoms with Gasteiger partial charge in [-0.25, -0.2) is 4.98 Å². The Bertz CT molecular complexity index is 392. The molecule has 4 heteroatoms. The predicted octanol–water partition coefficient (Wildman–Crippen LogP) is 4.88. The molecule has 3 atom stereocenters. The molecule has 0 amide bonds. The molecule has 0 aromatic carbocycles. The molecule has 1 heterocycles. The van der Waals surface area contributed by atoms with Crippen molar-refractivity contribution in [2.75, 3.05) is 6.54 Å². The number of aromatic nitrogens is 1. The SMILES string of the molecule is CCCNC1CCC(CCC)CC1Sc1nc(C)cs1. The number of nitrogens with one attached hydrogen (secondary N) is 1. The molecular formula is C16H28N2S2. The molecule has 0 spiro atoms. The second-order valence-corrected chi connectivity index (χ2v) is 8.28. The number of aryl methyl sites for hydroxylation is 1.